The highest BCUT2D eigenvalue weighted by atomic mass is 19.1. The van der Waals surface area contributed by atoms with Gasteiger partial charge >= 0.3 is 5.97 Å². The van der Waals surface area contributed by atoms with Gasteiger partial charge in [0.25, 0.3) is 5.91 Å². The summed E-state index contributed by atoms with van der Waals surface area (Å²) in [6, 6.07) is 6.57. The van der Waals surface area contributed by atoms with Crippen molar-refractivity contribution in [3.05, 3.63) is 48.0 Å². The summed E-state index contributed by atoms with van der Waals surface area (Å²) >= 11 is 0. The Balaban J connectivity index is 1.73. The van der Waals surface area contributed by atoms with E-state index in [1.807, 2.05) is 0 Å². The van der Waals surface area contributed by atoms with Crippen LogP contribution in [-0.4, -0.2) is 32.8 Å². The molecule has 0 saturated heterocycles. The molecule has 0 bridgehead atoms. The van der Waals surface area contributed by atoms with E-state index in [9.17, 15) is 19.1 Å². The van der Waals surface area contributed by atoms with Crippen LogP contribution in [0, 0.1) is 11.7 Å². The highest BCUT2D eigenvalue weighted by Crippen LogP contribution is 2.33. The molecule has 2 N–H and O–H groups in total. The number of amides is 1. The molecule has 1 fully saturated rings. The third kappa shape index (κ3) is 3.56. The van der Waals surface area contributed by atoms with Crippen molar-refractivity contribution < 1.29 is 19.1 Å². The van der Waals surface area contributed by atoms with E-state index in [0.717, 1.165) is 12.8 Å². The summed E-state index contributed by atoms with van der Waals surface area (Å²) in [5.41, 5.74) is 0.273. The monoisotopic (exact) mass is 317 g/mol. The Bertz CT molecular complexity index is 740. The molecule has 1 unspecified atom stereocenters. The van der Waals surface area contributed by atoms with Crippen LogP contribution in [0.15, 0.2) is 36.5 Å². The van der Waals surface area contributed by atoms with Crippen LogP contribution >= 0.6 is 0 Å². The van der Waals surface area contributed by atoms with E-state index in [0.29, 0.717) is 12.3 Å². The SMILES string of the molecule is O=C(NC(CC1CC1)C(=O)O)c1ccn(-c2ccccc2F)n1. The quantitative estimate of drug-likeness (QED) is 0.853. The molecule has 1 aliphatic rings. The predicted molar refractivity (Wildman–Crippen MR) is 79.8 cm³/mol. The Morgan fingerprint density at radius 2 is 2.09 bits per heavy atom. The standard InChI is InChI=1S/C16H16FN3O3/c17-11-3-1-2-4-14(11)20-8-7-12(19-20)15(21)18-13(16(22)23)9-10-5-6-10/h1-4,7-8,10,13H,5-6,9H2,(H,18,21)(H,22,23). The van der Waals surface area contributed by atoms with E-state index < -0.39 is 23.7 Å². The summed E-state index contributed by atoms with van der Waals surface area (Å²) in [6.07, 6.45) is 3.89. The fraction of sp³-hybridized carbons (Fsp3) is 0.312. The average Bonchev–Trinajstić information content (AvgIpc) is 3.20. The number of halogens is 1. The summed E-state index contributed by atoms with van der Waals surface area (Å²) in [5.74, 6) is -1.72. The van der Waals surface area contributed by atoms with Crippen molar-refractivity contribution in [2.24, 2.45) is 5.92 Å². The maximum Gasteiger partial charge on any atom is 0.326 e. The van der Waals surface area contributed by atoms with E-state index in [-0.39, 0.29) is 11.4 Å². The molecule has 2 aromatic rings. The highest BCUT2D eigenvalue weighted by molar-refractivity contribution is 5.94. The Morgan fingerprint density at radius 1 is 1.35 bits per heavy atom. The van der Waals surface area contributed by atoms with E-state index >= 15 is 0 Å². The molecular weight excluding hydrogens is 301 g/mol. The van der Waals surface area contributed by atoms with Gasteiger partial charge in [0.15, 0.2) is 5.69 Å². The first kappa shape index (κ1) is 15.2. The second-order valence-electron chi connectivity index (χ2n) is 5.64. The second kappa shape index (κ2) is 6.20. The number of carboxylic acids is 1. The maximum absolute atomic E-state index is 13.7. The first-order chi connectivity index (χ1) is 11.0. The minimum Gasteiger partial charge on any atom is -0.480 e. The number of hydrogen-bond donors (Lipinski definition) is 2. The van der Waals surface area contributed by atoms with Crippen LogP contribution in [0.3, 0.4) is 0 Å². The van der Waals surface area contributed by atoms with E-state index in [1.165, 1.54) is 29.1 Å². The summed E-state index contributed by atoms with van der Waals surface area (Å²) in [6.45, 7) is 0. The number of carbonyl (C=O) groups is 2. The van der Waals surface area contributed by atoms with Gasteiger partial charge in [-0.2, -0.15) is 5.10 Å². The van der Waals surface area contributed by atoms with Crippen molar-refractivity contribution >= 4 is 11.9 Å². The predicted octanol–water partition coefficient (Wildman–Crippen LogP) is 1.99. The van der Waals surface area contributed by atoms with Crippen LogP contribution in [-0.2, 0) is 4.79 Å². The van der Waals surface area contributed by atoms with Gasteiger partial charge in [-0.15, -0.1) is 0 Å². The van der Waals surface area contributed by atoms with Crippen molar-refractivity contribution in [2.75, 3.05) is 0 Å². The van der Waals surface area contributed by atoms with E-state index in [4.69, 9.17) is 0 Å². The highest BCUT2D eigenvalue weighted by Gasteiger charge is 2.30. The summed E-state index contributed by atoms with van der Waals surface area (Å²) in [5, 5.41) is 15.7. The summed E-state index contributed by atoms with van der Waals surface area (Å²) < 4.78 is 15.0. The molecule has 1 aliphatic carbocycles. The Labute approximate surface area is 131 Å². The molecular formula is C16H16FN3O3. The van der Waals surface area contributed by atoms with E-state index in [2.05, 4.69) is 10.4 Å². The first-order valence-electron chi connectivity index (χ1n) is 7.39. The zero-order valence-electron chi connectivity index (χ0n) is 12.3. The number of nitrogens with one attached hydrogen (secondary N) is 1. The molecule has 1 aromatic carbocycles. The van der Waals surface area contributed by atoms with Crippen LogP contribution in [0.1, 0.15) is 29.8 Å². The third-order valence-electron chi connectivity index (χ3n) is 3.79. The lowest BCUT2D eigenvalue weighted by Gasteiger charge is -2.12. The lowest BCUT2D eigenvalue weighted by atomic mass is 10.1. The number of carboxylic acid groups (broad SMARTS) is 1. The zero-order valence-corrected chi connectivity index (χ0v) is 12.3. The zero-order chi connectivity index (χ0) is 16.4. The number of carbonyl (C=O) groups excluding carboxylic acids is 1. The van der Waals surface area contributed by atoms with Gasteiger partial charge < -0.3 is 10.4 Å². The smallest absolute Gasteiger partial charge is 0.326 e. The number of aliphatic carboxylic acids is 1. The molecule has 6 nitrogen and oxygen atoms in total. The number of nitrogens with zero attached hydrogens (tertiary/aromatic N) is 2. The summed E-state index contributed by atoms with van der Waals surface area (Å²) in [4.78, 5) is 23.4. The van der Waals surface area contributed by atoms with Crippen LogP contribution in [0.2, 0.25) is 0 Å². The number of rotatable bonds is 6. The lowest BCUT2D eigenvalue weighted by molar-refractivity contribution is -0.139. The van der Waals surface area contributed by atoms with E-state index in [1.54, 1.807) is 12.1 Å². The molecule has 1 heterocycles. The van der Waals surface area contributed by atoms with Gasteiger partial charge in [-0.3, -0.25) is 4.79 Å². The Morgan fingerprint density at radius 3 is 2.74 bits per heavy atom. The third-order valence-corrected chi connectivity index (χ3v) is 3.79. The second-order valence-corrected chi connectivity index (χ2v) is 5.64. The van der Waals surface area contributed by atoms with Crippen molar-refractivity contribution in [3.63, 3.8) is 0 Å². The molecule has 1 aromatic heterocycles. The van der Waals surface area contributed by atoms with Crippen LogP contribution in [0.5, 0.6) is 0 Å². The van der Waals surface area contributed by atoms with Crippen LogP contribution < -0.4 is 5.32 Å². The molecule has 23 heavy (non-hydrogen) atoms. The number of aromatic nitrogens is 2. The Hall–Kier alpha value is -2.70. The van der Waals surface area contributed by atoms with Crippen LogP contribution in [0.25, 0.3) is 5.69 Å². The van der Waals surface area contributed by atoms with Crippen molar-refractivity contribution in [1.82, 2.24) is 15.1 Å². The maximum atomic E-state index is 13.7. The molecule has 0 aliphatic heterocycles. The van der Waals surface area contributed by atoms with Gasteiger partial charge in [-0.25, -0.2) is 13.9 Å². The lowest BCUT2D eigenvalue weighted by Crippen LogP contribution is -2.41. The molecule has 7 heteroatoms. The molecule has 1 saturated carbocycles. The van der Waals surface area contributed by atoms with Gasteiger partial charge in [0.2, 0.25) is 0 Å². The largest absolute Gasteiger partial charge is 0.480 e. The number of hydrogen-bond acceptors (Lipinski definition) is 3. The minimum absolute atomic E-state index is 0.0512. The minimum atomic E-state index is -1.06. The summed E-state index contributed by atoms with van der Waals surface area (Å²) in [7, 11) is 0. The normalized spacial score (nSPS) is 15.2. The molecule has 0 radical (unpaired) electrons. The van der Waals surface area contributed by atoms with Crippen LogP contribution in [0.4, 0.5) is 4.39 Å². The molecule has 1 amide bonds. The van der Waals surface area contributed by atoms with Gasteiger partial charge in [0, 0.05) is 6.20 Å². The number of benzene rings is 1. The molecule has 1 atom stereocenters. The van der Waals surface area contributed by atoms with Crippen molar-refractivity contribution in [2.45, 2.75) is 25.3 Å². The van der Waals surface area contributed by atoms with Gasteiger partial charge in [-0.05, 0) is 30.5 Å². The average molecular weight is 317 g/mol. The van der Waals surface area contributed by atoms with Gasteiger partial charge in [-0.1, -0.05) is 25.0 Å². The van der Waals surface area contributed by atoms with Gasteiger partial charge in [0.1, 0.15) is 17.5 Å². The van der Waals surface area contributed by atoms with Gasteiger partial charge in [0.05, 0.1) is 0 Å². The molecule has 0 spiro atoms. The first-order valence-corrected chi connectivity index (χ1v) is 7.39. The topological polar surface area (TPSA) is 84.2 Å². The Kier molecular flexibility index (Phi) is 4.10. The fourth-order valence-electron chi connectivity index (χ4n) is 2.36. The van der Waals surface area contributed by atoms with Crippen molar-refractivity contribution in [1.29, 1.82) is 0 Å². The number of para-hydroxylation sites is 1. The molecule has 3 rings (SSSR count). The molecule has 120 valence electrons. The van der Waals surface area contributed by atoms with Crippen molar-refractivity contribution in [3.8, 4) is 5.69 Å². The fourth-order valence-corrected chi connectivity index (χ4v) is 2.36.